The SMILES string of the molecule is COC(=O)c1ccc([C@@H]2Nc3ccc(S(=O)(=O)Nc4ccc(OC)cc4)cc3[C@@H]3C=CC[C@@H]32)cc1. The minimum Gasteiger partial charge on any atom is -0.497 e. The van der Waals surface area contributed by atoms with E-state index in [0.717, 1.165) is 23.2 Å². The maximum Gasteiger partial charge on any atom is 0.337 e. The van der Waals surface area contributed by atoms with Crippen molar-refractivity contribution in [1.82, 2.24) is 0 Å². The van der Waals surface area contributed by atoms with Crippen LogP contribution in [0.2, 0.25) is 0 Å². The summed E-state index contributed by atoms with van der Waals surface area (Å²) in [5.41, 5.74) is 3.91. The molecular weight excluding hydrogens is 464 g/mol. The number of nitrogens with one attached hydrogen (secondary N) is 2. The predicted octanol–water partition coefficient (Wildman–Crippen LogP) is 5.11. The van der Waals surface area contributed by atoms with Crippen molar-refractivity contribution in [2.75, 3.05) is 24.3 Å². The van der Waals surface area contributed by atoms with E-state index in [1.54, 1.807) is 55.6 Å². The molecule has 1 aliphatic carbocycles. The number of ether oxygens (including phenoxy) is 2. The summed E-state index contributed by atoms with van der Waals surface area (Å²) in [6, 6.07) is 19.4. The van der Waals surface area contributed by atoms with E-state index >= 15 is 0 Å². The second-order valence-electron chi connectivity index (χ2n) is 8.67. The molecule has 1 heterocycles. The van der Waals surface area contributed by atoms with Crippen molar-refractivity contribution in [3.63, 3.8) is 0 Å². The summed E-state index contributed by atoms with van der Waals surface area (Å²) in [5, 5.41) is 3.60. The van der Waals surface area contributed by atoms with Gasteiger partial charge in [-0.15, -0.1) is 0 Å². The van der Waals surface area contributed by atoms with Gasteiger partial charge in [0, 0.05) is 17.3 Å². The van der Waals surface area contributed by atoms with Crippen molar-refractivity contribution >= 4 is 27.4 Å². The van der Waals surface area contributed by atoms with E-state index in [-0.39, 0.29) is 28.7 Å². The summed E-state index contributed by atoms with van der Waals surface area (Å²) >= 11 is 0. The Morgan fingerprint density at radius 3 is 2.43 bits per heavy atom. The van der Waals surface area contributed by atoms with Gasteiger partial charge in [-0.05, 0) is 78.1 Å². The molecule has 0 aromatic heterocycles. The van der Waals surface area contributed by atoms with Gasteiger partial charge < -0.3 is 14.8 Å². The first kappa shape index (κ1) is 23.0. The first-order valence-electron chi connectivity index (χ1n) is 11.3. The fourth-order valence-electron chi connectivity index (χ4n) is 4.89. The fourth-order valence-corrected chi connectivity index (χ4v) is 5.98. The van der Waals surface area contributed by atoms with E-state index in [0.29, 0.717) is 17.0 Å². The molecule has 2 N–H and O–H groups in total. The van der Waals surface area contributed by atoms with Crippen molar-refractivity contribution in [3.8, 4) is 5.75 Å². The molecule has 0 amide bonds. The maximum atomic E-state index is 13.1. The fraction of sp³-hybridized carbons (Fsp3) is 0.222. The molecule has 0 saturated heterocycles. The Kier molecular flexibility index (Phi) is 5.98. The molecule has 5 rings (SSSR count). The maximum absolute atomic E-state index is 13.1. The van der Waals surface area contributed by atoms with Crippen LogP contribution in [-0.4, -0.2) is 28.6 Å². The topological polar surface area (TPSA) is 93.7 Å². The standard InChI is InChI=1S/C27H26N2O5S/c1-33-20-12-10-19(11-13-20)29-35(31,32)21-14-15-25-24(16-21)22-4-3-5-23(22)26(28-25)17-6-8-18(9-7-17)27(30)34-2/h3-4,6-16,22-23,26,28-29H,5H2,1-2H3/t22-,23+,26+/m1/s1. The third-order valence-electron chi connectivity index (χ3n) is 6.68. The zero-order chi connectivity index (χ0) is 24.6. The summed E-state index contributed by atoms with van der Waals surface area (Å²) in [7, 11) is -0.834. The van der Waals surface area contributed by atoms with Crippen LogP contribution in [0.3, 0.4) is 0 Å². The first-order valence-corrected chi connectivity index (χ1v) is 12.8. The summed E-state index contributed by atoms with van der Waals surface area (Å²) < 4.78 is 38.8. The molecule has 0 bridgehead atoms. The highest BCUT2D eigenvalue weighted by molar-refractivity contribution is 7.92. The van der Waals surface area contributed by atoms with Crippen LogP contribution in [0.4, 0.5) is 11.4 Å². The molecule has 1 aliphatic heterocycles. The monoisotopic (exact) mass is 490 g/mol. The van der Waals surface area contributed by atoms with Gasteiger partial charge in [0.15, 0.2) is 0 Å². The van der Waals surface area contributed by atoms with Crippen molar-refractivity contribution in [2.24, 2.45) is 5.92 Å². The van der Waals surface area contributed by atoms with E-state index < -0.39 is 10.0 Å². The molecule has 3 atom stereocenters. The third-order valence-corrected chi connectivity index (χ3v) is 8.06. The van der Waals surface area contributed by atoms with Crippen LogP contribution in [0.15, 0.2) is 83.8 Å². The van der Waals surface area contributed by atoms with Gasteiger partial charge in [0.1, 0.15) is 5.75 Å². The number of carbonyl (C=O) groups excluding carboxylic acids is 1. The summed E-state index contributed by atoms with van der Waals surface area (Å²) in [6.07, 6.45) is 5.19. The lowest BCUT2D eigenvalue weighted by Crippen LogP contribution is -2.29. The molecule has 8 heteroatoms. The Bertz CT molecular complexity index is 1380. The number of allylic oxidation sites excluding steroid dienone is 2. The molecule has 180 valence electrons. The van der Waals surface area contributed by atoms with E-state index in [1.165, 1.54) is 7.11 Å². The molecule has 35 heavy (non-hydrogen) atoms. The minimum absolute atomic E-state index is 0.0362. The number of hydrogen-bond acceptors (Lipinski definition) is 6. The Morgan fingerprint density at radius 2 is 1.74 bits per heavy atom. The van der Waals surface area contributed by atoms with Crippen molar-refractivity contribution in [1.29, 1.82) is 0 Å². The zero-order valence-electron chi connectivity index (χ0n) is 19.4. The predicted molar refractivity (Wildman–Crippen MR) is 134 cm³/mol. The van der Waals surface area contributed by atoms with Crippen LogP contribution < -0.4 is 14.8 Å². The Morgan fingerprint density at radius 1 is 1.00 bits per heavy atom. The third kappa shape index (κ3) is 4.37. The zero-order valence-corrected chi connectivity index (χ0v) is 20.2. The Hall–Kier alpha value is -3.78. The van der Waals surface area contributed by atoms with E-state index in [4.69, 9.17) is 9.47 Å². The van der Waals surface area contributed by atoms with Crippen LogP contribution in [0.25, 0.3) is 0 Å². The first-order chi connectivity index (χ1) is 16.9. The minimum atomic E-state index is -3.76. The average molecular weight is 491 g/mol. The number of methoxy groups -OCH3 is 2. The molecule has 0 fully saturated rings. The lowest BCUT2D eigenvalue weighted by Gasteiger charge is -2.37. The molecule has 0 radical (unpaired) electrons. The largest absolute Gasteiger partial charge is 0.497 e. The van der Waals surface area contributed by atoms with Gasteiger partial charge in [0.05, 0.1) is 30.7 Å². The molecule has 3 aromatic carbocycles. The van der Waals surface area contributed by atoms with E-state index in [9.17, 15) is 13.2 Å². The van der Waals surface area contributed by atoms with Crippen LogP contribution in [0.1, 0.15) is 39.9 Å². The van der Waals surface area contributed by atoms with Gasteiger partial charge in [0.2, 0.25) is 0 Å². The molecule has 0 saturated carbocycles. The van der Waals surface area contributed by atoms with Gasteiger partial charge in [-0.25, -0.2) is 13.2 Å². The van der Waals surface area contributed by atoms with Crippen molar-refractivity contribution < 1.29 is 22.7 Å². The number of rotatable bonds is 6. The highest BCUT2D eigenvalue weighted by Crippen LogP contribution is 2.50. The van der Waals surface area contributed by atoms with Gasteiger partial charge in [-0.3, -0.25) is 4.72 Å². The summed E-state index contributed by atoms with van der Waals surface area (Å²) in [4.78, 5) is 12.0. The molecule has 0 spiro atoms. The molecular formula is C27H26N2O5S. The number of fused-ring (bicyclic) bond motifs is 3. The smallest absolute Gasteiger partial charge is 0.337 e. The van der Waals surface area contributed by atoms with Gasteiger partial charge in [-0.1, -0.05) is 24.3 Å². The highest BCUT2D eigenvalue weighted by Gasteiger charge is 2.38. The molecule has 7 nitrogen and oxygen atoms in total. The van der Waals surface area contributed by atoms with Crippen molar-refractivity contribution in [2.45, 2.75) is 23.3 Å². The highest BCUT2D eigenvalue weighted by atomic mass is 32.2. The van der Waals surface area contributed by atoms with Gasteiger partial charge in [-0.2, -0.15) is 0 Å². The van der Waals surface area contributed by atoms with Crippen molar-refractivity contribution in [3.05, 3.63) is 95.6 Å². The number of carbonyl (C=O) groups is 1. The normalized spacial score (nSPS) is 20.3. The average Bonchev–Trinajstić information content (AvgIpc) is 3.38. The van der Waals surface area contributed by atoms with E-state index in [2.05, 4.69) is 22.2 Å². The molecule has 2 aliphatic rings. The van der Waals surface area contributed by atoms with Crippen LogP contribution >= 0.6 is 0 Å². The number of benzene rings is 3. The van der Waals surface area contributed by atoms with Gasteiger partial charge >= 0.3 is 5.97 Å². The van der Waals surface area contributed by atoms with E-state index in [1.807, 2.05) is 18.2 Å². The summed E-state index contributed by atoms with van der Waals surface area (Å²) in [5.74, 6) is 0.615. The quantitative estimate of drug-likeness (QED) is 0.368. The number of hydrogen-bond donors (Lipinski definition) is 2. The lowest BCUT2D eigenvalue weighted by atomic mass is 9.77. The molecule has 0 unspecified atom stereocenters. The Labute approximate surface area is 204 Å². The molecule has 3 aromatic rings. The second kappa shape index (κ2) is 9.11. The van der Waals surface area contributed by atoms with Crippen LogP contribution in [-0.2, 0) is 14.8 Å². The number of sulfonamides is 1. The number of esters is 1. The number of anilines is 2. The van der Waals surface area contributed by atoms with Crippen LogP contribution in [0, 0.1) is 5.92 Å². The summed E-state index contributed by atoms with van der Waals surface area (Å²) in [6.45, 7) is 0. The van der Waals surface area contributed by atoms with Gasteiger partial charge in [0.25, 0.3) is 10.0 Å². The van der Waals surface area contributed by atoms with Crippen LogP contribution in [0.5, 0.6) is 5.75 Å². The Balaban J connectivity index is 1.43. The second-order valence-corrected chi connectivity index (χ2v) is 10.4. The lowest BCUT2D eigenvalue weighted by molar-refractivity contribution is 0.0600.